The molecule has 0 radical (unpaired) electrons. The second kappa shape index (κ2) is 7.18. The molecule has 0 saturated heterocycles. The van der Waals surface area contributed by atoms with Crippen molar-refractivity contribution in [2.45, 2.75) is 10.6 Å². The van der Waals surface area contributed by atoms with Crippen LogP contribution in [0.25, 0.3) is 6.08 Å². The third-order valence-corrected chi connectivity index (χ3v) is 5.28. The summed E-state index contributed by atoms with van der Waals surface area (Å²) in [5.41, 5.74) is 0.905. The Kier molecular flexibility index (Phi) is 5.54. The standard InChI is InChI=1S/C14H10Cl2O2S2/c15-12-3-2-10(6-13(12)16)20-8-11-5-9(7-19-11)1-4-14(17)18/h1-7H,8H2,(H,17,18). The quantitative estimate of drug-likeness (QED) is 0.579. The molecule has 0 aliphatic carbocycles. The van der Waals surface area contributed by atoms with Gasteiger partial charge in [-0.05, 0) is 41.3 Å². The molecule has 104 valence electrons. The number of thiophene rings is 1. The van der Waals surface area contributed by atoms with Crippen molar-refractivity contribution in [3.05, 3.63) is 56.2 Å². The van der Waals surface area contributed by atoms with E-state index in [1.54, 1.807) is 35.2 Å². The van der Waals surface area contributed by atoms with Gasteiger partial charge in [0.25, 0.3) is 0 Å². The van der Waals surface area contributed by atoms with E-state index in [-0.39, 0.29) is 0 Å². The van der Waals surface area contributed by atoms with Crippen LogP contribution in [0.3, 0.4) is 0 Å². The second-order valence-electron chi connectivity index (χ2n) is 3.88. The Hall–Kier alpha value is -0.940. The van der Waals surface area contributed by atoms with Gasteiger partial charge in [-0.25, -0.2) is 4.79 Å². The fourth-order valence-corrected chi connectivity index (χ4v) is 3.66. The molecule has 2 aromatic rings. The number of aliphatic carboxylic acids is 1. The Morgan fingerprint density at radius 2 is 2.10 bits per heavy atom. The average Bonchev–Trinajstić information content (AvgIpc) is 2.86. The average molecular weight is 345 g/mol. The van der Waals surface area contributed by atoms with E-state index in [1.165, 1.54) is 4.88 Å². The Balaban J connectivity index is 1.97. The summed E-state index contributed by atoms with van der Waals surface area (Å²) in [5, 5.41) is 11.6. The van der Waals surface area contributed by atoms with Gasteiger partial charge >= 0.3 is 5.97 Å². The van der Waals surface area contributed by atoms with E-state index in [1.807, 2.05) is 23.6 Å². The lowest BCUT2D eigenvalue weighted by Gasteiger charge is -2.01. The van der Waals surface area contributed by atoms with Crippen LogP contribution in [-0.4, -0.2) is 11.1 Å². The van der Waals surface area contributed by atoms with Crippen LogP contribution in [0.1, 0.15) is 10.4 Å². The Bertz CT molecular complexity index is 650. The van der Waals surface area contributed by atoms with Gasteiger partial charge in [0.1, 0.15) is 0 Å². The highest BCUT2D eigenvalue weighted by Crippen LogP contribution is 2.31. The molecular formula is C14H10Cl2O2S2. The molecule has 1 aromatic carbocycles. The number of halogens is 2. The summed E-state index contributed by atoms with van der Waals surface area (Å²) in [6, 6.07) is 7.53. The van der Waals surface area contributed by atoms with E-state index in [4.69, 9.17) is 28.3 Å². The van der Waals surface area contributed by atoms with Gasteiger partial charge in [-0.15, -0.1) is 23.1 Å². The maximum atomic E-state index is 10.4. The predicted octanol–water partition coefficient (Wildman–Crippen LogP) is 5.45. The van der Waals surface area contributed by atoms with Crippen LogP contribution in [0.15, 0.2) is 40.6 Å². The molecule has 1 N–H and O–H groups in total. The second-order valence-corrected chi connectivity index (χ2v) is 6.74. The summed E-state index contributed by atoms with van der Waals surface area (Å²) in [7, 11) is 0. The number of carboxylic acid groups (broad SMARTS) is 1. The van der Waals surface area contributed by atoms with Crippen molar-refractivity contribution in [1.29, 1.82) is 0 Å². The van der Waals surface area contributed by atoms with E-state index in [9.17, 15) is 4.79 Å². The summed E-state index contributed by atoms with van der Waals surface area (Å²) in [6.45, 7) is 0. The van der Waals surface area contributed by atoms with Gasteiger partial charge in [0.05, 0.1) is 10.0 Å². The summed E-state index contributed by atoms with van der Waals surface area (Å²) in [4.78, 5) is 12.7. The number of hydrogen-bond acceptors (Lipinski definition) is 3. The fourth-order valence-electron chi connectivity index (χ4n) is 1.45. The number of rotatable bonds is 5. The minimum Gasteiger partial charge on any atom is -0.478 e. The van der Waals surface area contributed by atoms with Crippen LogP contribution in [0.2, 0.25) is 10.0 Å². The molecule has 2 rings (SSSR count). The number of carbonyl (C=O) groups is 1. The number of benzene rings is 1. The lowest BCUT2D eigenvalue weighted by atomic mass is 10.3. The number of thioether (sulfide) groups is 1. The molecule has 0 amide bonds. The molecule has 0 bridgehead atoms. The Morgan fingerprint density at radius 1 is 1.30 bits per heavy atom. The largest absolute Gasteiger partial charge is 0.478 e. The highest BCUT2D eigenvalue weighted by atomic mass is 35.5. The van der Waals surface area contributed by atoms with Crippen LogP contribution in [0.4, 0.5) is 0 Å². The topological polar surface area (TPSA) is 37.3 Å². The van der Waals surface area contributed by atoms with Crippen LogP contribution in [-0.2, 0) is 10.5 Å². The summed E-state index contributed by atoms with van der Waals surface area (Å²) < 4.78 is 0. The van der Waals surface area contributed by atoms with Crippen LogP contribution >= 0.6 is 46.3 Å². The van der Waals surface area contributed by atoms with E-state index < -0.39 is 5.97 Å². The molecule has 2 nitrogen and oxygen atoms in total. The van der Waals surface area contributed by atoms with E-state index in [2.05, 4.69) is 0 Å². The van der Waals surface area contributed by atoms with Gasteiger partial charge < -0.3 is 5.11 Å². The molecule has 0 aliphatic rings. The first kappa shape index (κ1) is 15.4. The van der Waals surface area contributed by atoms with Crippen LogP contribution in [0, 0.1) is 0 Å². The first-order valence-corrected chi connectivity index (χ1v) is 8.23. The predicted molar refractivity (Wildman–Crippen MR) is 87.0 cm³/mol. The maximum absolute atomic E-state index is 10.4. The maximum Gasteiger partial charge on any atom is 0.328 e. The summed E-state index contributed by atoms with van der Waals surface area (Å²) >= 11 is 15.1. The minimum atomic E-state index is -0.942. The van der Waals surface area contributed by atoms with Crippen molar-refractivity contribution >= 4 is 58.3 Å². The molecule has 0 unspecified atom stereocenters. The van der Waals surface area contributed by atoms with Gasteiger partial charge in [0, 0.05) is 21.6 Å². The highest BCUT2D eigenvalue weighted by Gasteiger charge is 2.03. The zero-order valence-electron chi connectivity index (χ0n) is 10.2. The molecular weight excluding hydrogens is 335 g/mol. The summed E-state index contributed by atoms with van der Waals surface area (Å²) in [6.07, 6.45) is 2.73. The third-order valence-electron chi connectivity index (χ3n) is 2.36. The Morgan fingerprint density at radius 3 is 2.80 bits per heavy atom. The van der Waals surface area contributed by atoms with Crippen LogP contribution < -0.4 is 0 Å². The zero-order valence-corrected chi connectivity index (χ0v) is 13.3. The van der Waals surface area contributed by atoms with Crippen molar-refractivity contribution in [2.75, 3.05) is 0 Å². The molecule has 6 heteroatoms. The zero-order chi connectivity index (χ0) is 14.5. The van der Waals surface area contributed by atoms with E-state index >= 15 is 0 Å². The third kappa shape index (κ3) is 4.56. The molecule has 0 fully saturated rings. The van der Waals surface area contributed by atoms with Gasteiger partial charge in [-0.3, -0.25) is 0 Å². The molecule has 20 heavy (non-hydrogen) atoms. The van der Waals surface area contributed by atoms with Crippen molar-refractivity contribution in [2.24, 2.45) is 0 Å². The van der Waals surface area contributed by atoms with Gasteiger partial charge in [0.15, 0.2) is 0 Å². The molecule has 0 aliphatic heterocycles. The van der Waals surface area contributed by atoms with Crippen LogP contribution in [0.5, 0.6) is 0 Å². The number of hydrogen-bond donors (Lipinski definition) is 1. The van der Waals surface area contributed by atoms with E-state index in [0.717, 1.165) is 22.3 Å². The molecule has 0 spiro atoms. The van der Waals surface area contributed by atoms with E-state index in [0.29, 0.717) is 10.0 Å². The summed E-state index contributed by atoms with van der Waals surface area (Å²) in [5.74, 6) is -0.133. The van der Waals surface area contributed by atoms with Crippen molar-refractivity contribution in [3.8, 4) is 0 Å². The van der Waals surface area contributed by atoms with Gasteiger partial charge in [0.2, 0.25) is 0 Å². The SMILES string of the molecule is O=C(O)C=Cc1csc(CSc2ccc(Cl)c(Cl)c2)c1. The van der Waals surface area contributed by atoms with Gasteiger partial charge in [-0.2, -0.15) is 0 Å². The molecule has 0 saturated carbocycles. The molecule has 0 atom stereocenters. The molecule has 1 aromatic heterocycles. The minimum absolute atomic E-state index is 0.549. The lowest BCUT2D eigenvalue weighted by molar-refractivity contribution is -0.131. The van der Waals surface area contributed by atoms with Crippen molar-refractivity contribution in [3.63, 3.8) is 0 Å². The lowest BCUT2D eigenvalue weighted by Crippen LogP contribution is -1.84. The first-order valence-electron chi connectivity index (χ1n) is 5.61. The smallest absolute Gasteiger partial charge is 0.328 e. The normalized spacial score (nSPS) is 11.1. The highest BCUT2D eigenvalue weighted by molar-refractivity contribution is 7.98. The van der Waals surface area contributed by atoms with Crippen molar-refractivity contribution in [1.82, 2.24) is 0 Å². The first-order chi connectivity index (χ1) is 9.54. The monoisotopic (exact) mass is 344 g/mol. The Labute approximate surface area is 135 Å². The van der Waals surface area contributed by atoms with Crippen molar-refractivity contribution < 1.29 is 9.90 Å². The molecule has 1 heterocycles. The van der Waals surface area contributed by atoms with Gasteiger partial charge in [-0.1, -0.05) is 23.2 Å². The fraction of sp³-hybridized carbons (Fsp3) is 0.0714. The number of carboxylic acids is 1.